The predicted molar refractivity (Wildman–Crippen MR) is 81.7 cm³/mol. The van der Waals surface area contributed by atoms with Crippen LogP contribution in [0.1, 0.15) is 32.3 Å². The van der Waals surface area contributed by atoms with Crippen molar-refractivity contribution >= 4 is 16.1 Å². The number of nitrogens with zero attached hydrogens (tertiary/aromatic N) is 3. The first-order chi connectivity index (χ1) is 9.89. The molecule has 0 aromatic carbocycles. The van der Waals surface area contributed by atoms with E-state index in [4.69, 9.17) is 4.18 Å². The molecule has 0 unspecified atom stereocenters. The highest BCUT2D eigenvalue weighted by molar-refractivity contribution is 7.86. The average molecular weight is 313 g/mol. The van der Waals surface area contributed by atoms with Crippen LogP contribution in [0.2, 0.25) is 0 Å². The molecule has 1 aromatic heterocycles. The quantitative estimate of drug-likeness (QED) is 0.769. The summed E-state index contributed by atoms with van der Waals surface area (Å²) in [7, 11) is -3.38. The van der Waals surface area contributed by atoms with Crippen molar-refractivity contribution in [1.29, 1.82) is 0 Å². The van der Waals surface area contributed by atoms with Gasteiger partial charge in [-0.3, -0.25) is 4.18 Å². The Hall–Kier alpha value is -1.21. The van der Waals surface area contributed by atoms with Crippen LogP contribution in [0.4, 0.5) is 5.95 Å². The minimum Gasteiger partial charge on any atom is -0.341 e. The van der Waals surface area contributed by atoms with Crippen molar-refractivity contribution in [1.82, 2.24) is 9.97 Å². The second kappa shape index (κ2) is 6.70. The molecule has 0 amide bonds. The van der Waals surface area contributed by atoms with Gasteiger partial charge < -0.3 is 4.90 Å². The zero-order chi connectivity index (χ0) is 15.5. The first-order valence-electron chi connectivity index (χ1n) is 7.33. The van der Waals surface area contributed by atoms with Gasteiger partial charge in [-0.1, -0.05) is 6.92 Å². The molecule has 0 bridgehead atoms. The van der Waals surface area contributed by atoms with Crippen molar-refractivity contribution in [3.8, 4) is 0 Å². The Labute approximate surface area is 126 Å². The van der Waals surface area contributed by atoms with Crippen LogP contribution in [0, 0.1) is 5.92 Å². The first kappa shape index (κ1) is 16.2. The summed E-state index contributed by atoms with van der Waals surface area (Å²) in [5.74, 6) is 1.01. The van der Waals surface area contributed by atoms with Crippen LogP contribution < -0.4 is 4.90 Å². The van der Waals surface area contributed by atoms with Gasteiger partial charge in [0, 0.05) is 25.5 Å². The maximum atomic E-state index is 11.2. The fourth-order valence-electron chi connectivity index (χ4n) is 2.62. The third-order valence-electron chi connectivity index (χ3n) is 3.91. The van der Waals surface area contributed by atoms with E-state index in [1.807, 2.05) is 19.3 Å². The molecule has 1 fully saturated rings. The van der Waals surface area contributed by atoms with Crippen LogP contribution in [0.5, 0.6) is 0 Å². The first-order valence-corrected chi connectivity index (χ1v) is 9.15. The molecule has 1 atom stereocenters. The number of aromatic nitrogens is 2. The van der Waals surface area contributed by atoms with Gasteiger partial charge in [-0.05, 0) is 37.7 Å². The largest absolute Gasteiger partial charge is 0.341 e. The highest BCUT2D eigenvalue weighted by atomic mass is 32.2. The number of rotatable bonds is 5. The van der Waals surface area contributed by atoms with E-state index in [2.05, 4.69) is 21.8 Å². The fourth-order valence-corrected chi connectivity index (χ4v) is 3.33. The van der Waals surface area contributed by atoms with Crippen molar-refractivity contribution in [2.24, 2.45) is 5.92 Å². The van der Waals surface area contributed by atoms with Gasteiger partial charge in [0.25, 0.3) is 10.1 Å². The van der Waals surface area contributed by atoms with Crippen LogP contribution in [-0.2, 0) is 20.7 Å². The Balaban J connectivity index is 1.90. The Morgan fingerprint density at radius 1 is 1.33 bits per heavy atom. The minimum absolute atomic E-state index is 0.255. The summed E-state index contributed by atoms with van der Waals surface area (Å²) in [6.45, 7) is 5.56. The molecule has 0 spiro atoms. The third kappa shape index (κ3) is 4.64. The molecule has 21 heavy (non-hydrogen) atoms. The molecule has 1 aliphatic heterocycles. The molecule has 2 heterocycles. The second-order valence-electron chi connectivity index (χ2n) is 5.57. The lowest BCUT2D eigenvalue weighted by molar-refractivity contribution is 0.141. The van der Waals surface area contributed by atoms with Crippen molar-refractivity contribution in [3.05, 3.63) is 18.0 Å². The van der Waals surface area contributed by atoms with Crippen molar-refractivity contribution < 1.29 is 12.6 Å². The fraction of sp³-hybridized carbons (Fsp3) is 0.714. The van der Waals surface area contributed by atoms with Crippen molar-refractivity contribution in [2.75, 3.05) is 24.2 Å². The molecule has 2 rings (SSSR count). The lowest BCUT2D eigenvalue weighted by Gasteiger charge is -2.34. The molecule has 0 N–H and O–H groups in total. The SMILES string of the molecule is CCc1cnc(N2CCC([C@@H](C)OS(C)(=O)=O)CC2)nc1. The Morgan fingerprint density at radius 3 is 2.38 bits per heavy atom. The maximum absolute atomic E-state index is 11.2. The van der Waals surface area contributed by atoms with E-state index < -0.39 is 10.1 Å². The summed E-state index contributed by atoms with van der Waals surface area (Å²) in [6, 6.07) is 0. The zero-order valence-corrected chi connectivity index (χ0v) is 13.6. The predicted octanol–water partition coefficient (Wildman–Crippen LogP) is 1.62. The number of anilines is 1. The number of piperidine rings is 1. The lowest BCUT2D eigenvalue weighted by Crippen LogP contribution is -2.39. The summed E-state index contributed by atoms with van der Waals surface area (Å²) in [6.07, 6.45) is 7.26. The summed E-state index contributed by atoms with van der Waals surface area (Å²) >= 11 is 0. The molecule has 118 valence electrons. The Morgan fingerprint density at radius 2 is 1.90 bits per heavy atom. The van der Waals surface area contributed by atoms with Gasteiger partial charge >= 0.3 is 0 Å². The molecule has 1 aliphatic rings. The molecule has 7 heteroatoms. The maximum Gasteiger partial charge on any atom is 0.264 e. The summed E-state index contributed by atoms with van der Waals surface area (Å²) < 4.78 is 27.4. The van der Waals surface area contributed by atoms with E-state index in [-0.39, 0.29) is 12.0 Å². The zero-order valence-electron chi connectivity index (χ0n) is 12.8. The molecule has 0 aliphatic carbocycles. The van der Waals surface area contributed by atoms with Crippen LogP contribution in [-0.4, -0.2) is 43.8 Å². The van der Waals surface area contributed by atoms with Crippen LogP contribution in [0.3, 0.4) is 0 Å². The smallest absolute Gasteiger partial charge is 0.264 e. The highest BCUT2D eigenvalue weighted by Gasteiger charge is 2.27. The van der Waals surface area contributed by atoms with Gasteiger partial charge in [0.1, 0.15) is 0 Å². The van der Waals surface area contributed by atoms with Crippen molar-refractivity contribution in [2.45, 2.75) is 39.2 Å². The van der Waals surface area contributed by atoms with Gasteiger partial charge in [0.05, 0.1) is 12.4 Å². The Bertz CT molecular complexity index is 551. The topological polar surface area (TPSA) is 72.4 Å². The van der Waals surface area contributed by atoms with Gasteiger partial charge in [-0.15, -0.1) is 0 Å². The standard InChI is InChI=1S/C14H23N3O3S/c1-4-12-9-15-14(16-10-12)17-7-5-13(6-8-17)11(2)20-21(3,18)19/h9-11,13H,4-8H2,1-3H3/t11-/m1/s1. The van der Waals surface area contributed by atoms with E-state index >= 15 is 0 Å². The van der Waals surface area contributed by atoms with E-state index in [1.54, 1.807) is 0 Å². The monoisotopic (exact) mass is 313 g/mol. The third-order valence-corrected chi connectivity index (χ3v) is 4.57. The highest BCUT2D eigenvalue weighted by Crippen LogP contribution is 2.25. The summed E-state index contributed by atoms with van der Waals surface area (Å²) in [5.41, 5.74) is 1.13. The van der Waals surface area contributed by atoms with Crippen LogP contribution >= 0.6 is 0 Å². The van der Waals surface area contributed by atoms with Gasteiger partial charge in [-0.2, -0.15) is 8.42 Å². The number of hydrogen-bond donors (Lipinski definition) is 0. The summed E-state index contributed by atoms with van der Waals surface area (Å²) in [5, 5.41) is 0. The molecule has 1 saturated heterocycles. The lowest BCUT2D eigenvalue weighted by atomic mass is 9.92. The Kier molecular flexibility index (Phi) is 5.16. The molecular weight excluding hydrogens is 290 g/mol. The van der Waals surface area contributed by atoms with E-state index in [0.29, 0.717) is 0 Å². The normalized spacial score (nSPS) is 18.7. The average Bonchev–Trinajstić information content (AvgIpc) is 2.46. The number of hydrogen-bond acceptors (Lipinski definition) is 6. The van der Waals surface area contributed by atoms with Gasteiger partial charge in [-0.25, -0.2) is 9.97 Å². The second-order valence-corrected chi connectivity index (χ2v) is 7.18. The molecule has 0 saturated carbocycles. The molecular formula is C14H23N3O3S. The van der Waals surface area contributed by atoms with E-state index in [0.717, 1.165) is 50.1 Å². The summed E-state index contributed by atoms with van der Waals surface area (Å²) in [4.78, 5) is 10.9. The van der Waals surface area contributed by atoms with Gasteiger partial charge in [0.2, 0.25) is 5.95 Å². The van der Waals surface area contributed by atoms with Crippen LogP contribution in [0.25, 0.3) is 0 Å². The van der Waals surface area contributed by atoms with Gasteiger partial charge in [0.15, 0.2) is 0 Å². The molecule has 0 radical (unpaired) electrons. The molecule has 6 nitrogen and oxygen atoms in total. The van der Waals surface area contributed by atoms with Crippen LogP contribution in [0.15, 0.2) is 12.4 Å². The van der Waals surface area contributed by atoms with E-state index in [1.165, 1.54) is 0 Å². The molecule has 1 aromatic rings. The van der Waals surface area contributed by atoms with E-state index in [9.17, 15) is 8.42 Å². The number of aryl methyl sites for hydroxylation is 1. The van der Waals surface area contributed by atoms with Crippen molar-refractivity contribution in [3.63, 3.8) is 0 Å². The minimum atomic E-state index is -3.38.